The van der Waals surface area contributed by atoms with Gasteiger partial charge in [-0.25, -0.2) is 14.8 Å². The molecule has 19 heavy (non-hydrogen) atoms. The van der Waals surface area contributed by atoms with Crippen LogP contribution in [0.5, 0.6) is 0 Å². The fourth-order valence-corrected chi connectivity index (χ4v) is 2.82. The number of carboxylic acids is 1. The van der Waals surface area contributed by atoms with Gasteiger partial charge in [0.15, 0.2) is 5.82 Å². The molecule has 0 aliphatic carbocycles. The molecule has 1 aromatic rings. The number of aromatic nitrogens is 2. The van der Waals surface area contributed by atoms with E-state index in [2.05, 4.69) is 14.9 Å². The van der Waals surface area contributed by atoms with Crippen molar-refractivity contribution in [3.05, 3.63) is 23.3 Å². The molecule has 6 nitrogen and oxygen atoms in total. The summed E-state index contributed by atoms with van der Waals surface area (Å²) < 4.78 is 5.82. The average molecular weight is 263 g/mol. The maximum Gasteiger partial charge on any atom is 0.339 e. The van der Waals surface area contributed by atoms with E-state index in [0.717, 1.165) is 13.1 Å². The van der Waals surface area contributed by atoms with Crippen LogP contribution in [-0.2, 0) is 4.74 Å². The summed E-state index contributed by atoms with van der Waals surface area (Å²) in [5.41, 5.74) is 0.642. The van der Waals surface area contributed by atoms with Gasteiger partial charge in [0.25, 0.3) is 0 Å². The van der Waals surface area contributed by atoms with Crippen molar-refractivity contribution in [1.82, 2.24) is 14.9 Å². The predicted octanol–water partition coefficient (Wildman–Crippen LogP) is 1.02. The summed E-state index contributed by atoms with van der Waals surface area (Å²) in [5, 5.41) is 8.97. The molecular weight excluding hydrogens is 246 g/mol. The van der Waals surface area contributed by atoms with Gasteiger partial charge in [-0.05, 0) is 26.3 Å². The Morgan fingerprint density at radius 3 is 3.16 bits per heavy atom. The lowest BCUT2D eigenvalue weighted by Crippen LogP contribution is -2.42. The van der Waals surface area contributed by atoms with E-state index in [4.69, 9.17) is 9.84 Å². The van der Waals surface area contributed by atoms with Gasteiger partial charge in [0.2, 0.25) is 0 Å². The first-order chi connectivity index (χ1) is 9.15. The van der Waals surface area contributed by atoms with E-state index < -0.39 is 5.97 Å². The highest BCUT2D eigenvalue weighted by Gasteiger charge is 2.34. The van der Waals surface area contributed by atoms with Gasteiger partial charge in [0.05, 0.1) is 17.9 Å². The summed E-state index contributed by atoms with van der Waals surface area (Å²) in [6.45, 7) is 4.32. The van der Waals surface area contributed by atoms with Crippen LogP contribution in [0.3, 0.4) is 0 Å². The van der Waals surface area contributed by atoms with Crippen molar-refractivity contribution < 1.29 is 14.6 Å². The first-order valence-corrected chi connectivity index (χ1v) is 6.57. The minimum Gasteiger partial charge on any atom is -0.478 e. The lowest BCUT2D eigenvalue weighted by molar-refractivity contribution is -0.0542. The third-order valence-corrected chi connectivity index (χ3v) is 3.91. The molecule has 2 fully saturated rings. The third-order valence-electron chi connectivity index (χ3n) is 3.91. The molecule has 3 heterocycles. The first-order valence-electron chi connectivity index (χ1n) is 6.57. The Hall–Kier alpha value is -1.53. The topological polar surface area (TPSA) is 75.5 Å². The third kappa shape index (κ3) is 2.33. The molecule has 1 N–H and O–H groups in total. The van der Waals surface area contributed by atoms with Crippen LogP contribution in [0.1, 0.15) is 40.8 Å². The summed E-state index contributed by atoms with van der Waals surface area (Å²) in [6, 6.07) is 0.538. The summed E-state index contributed by atoms with van der Waals surface area (Å²) in [6.07, 6.45) is 3.65. The first kappa shape index (κ1) is 12.5. The fourth-order valence-electron chi connectivity index (χ4n) is 2.82. The monoisotopic (exact) mass is 263 g/mol. The lowest BCUT2D eigenvalue weighted by Gasteiger charge is -2.34. The Morgan fingerprint density at radius 1 is 1.58 bits per heavy atom. The average Bonchev–Trinajstić information content (AvgIpc) is 2.85. The van der Waals surface area contributed by atoms with Gasteiger partial charge in [0.1, 0.15) is 6.10 Å². The second-order valence-corrected chi connectivity index (χ2v) is 5.15. The number of fused-ring (bicyclic) bond motifs is 1. The number of hydrogen-bond acceptors (Lipinski definition) is 5. The van der Waals surface area contributed by atoms with Crippen LogP contribution in [0.4, 0.5) is 0 Å². The Morgan fingerprint density at radius 2 is 2.42 bits per heavy atom. The zero-order valence-electron chi connectivity index (χ0n) is 10.9. The molecule has 0 spiro atoms. The number of carboxylic acid groups (broad SMARTS) is 1. The van der Waals surface area contributed by atoms with Crippen molar-refractivity contribution in [2.24, 2.45) is 0 Å². The van der Waals surface area contributed by atoms with Gasteiger partial charge in [-0.2, -0.15) is 0 Å². The van der Waals surface area contributed by atoms with E-state index in [1.54, 1.807) is 6.92 Å². The van der Waals surface area contributed by atoms with Crippen LogP contribution in [0, 0.1) is 6.92 Å². The highest BCUT2D eigenvalue weighted by molar-refractivity contribution is 5.88. The van der Waals surface area contributed by atoms with E-state index in [0.29, 0.717) is 24.2 Å². The quantitative estimate of drug-likeness (QED) is 0.858. The van der Waals surface area contributed by atoms with E-state index in [1.165, 1.54) is 19.0 Å². The molecule has 6 heteroatoms. The second kappa shape index (κ2) is 4.86. The molecular formula is C13H17N3O3. The summed E-state index contributed by atoms with van der Waals surface area (Å²) in [4.78, 5) is 21.8. The maximum atomic E-state index is 10.9. The van der Waals surface area contributed by atoms with Gasteiger partial charge < -0.3 is 9.84 Å². The van der Waals surface area contributed by atoms with E-state index in [-0.39, 0.29) is 11.7 Å². The number of nitrogens with zero attached hydrogens (tertiary/aromatic N) is 3. The summed E-state index contributed by atoms with van der Waals surface area (Å²) in [5.74, 6) is -0.402. The Kier molecular flexibility index (Phi) is 3.20. The summed E-state index contributed by atoms with van der Waals surface area (Å²) >= 11 is 0. The number of hydrogen-bond donors (Lipinski definition) is 1. The molecule has 2 unspecified atom stereocenters. The van der Waals surface area contributed by atoms with Crippen molar-refractivity contribution >= 4 is 5.97 Å². The molecule has 2 atom stereocenters. The fraction of sp³-hybridized carbons (Fsp3) is 0.615. The zero-order chi connectivity index (χ0) is 13.4. The van der Waals surface area contributed by atoms with Crippen LogP contribution in [0.2, 0.25) is 0 Å². The highest BCUT2D eigenvalue weighted by Crippen LogP contribution is 2.28. The molecule has 2 aliphatic rings. The number of ether oxygens (including phenoxy) is 1. The Balaban J connectivity index is 1.79. The number of aryl methyl sites for hydroxylation is 1. The summed E-state index contributed by atoms with van der Waals surface area (Å²) in [7, 11) is 0. The SMILES string of the molecule is Cc1nc(C2CN3CCCC3CO2)ncc1C(=O)O. The zero-order valence-corrected chi connectivity index (χ0v) is 10.9. The molecule has 0 saturated carbocycles. The number of aromatic carboxylic acids is 1. The maximum absolute atomic E-state index is 10.9. The predicted molar refractivity (Wildman–Crippen MR) is 67.0 cm³/mol. The van der Waals surface area contributed by atoms with E-state index >= 15 is 0 Å². The highest BCUT2D eigenvalue weighted by atomic mass is 16.5. The van der Waals surface area contributed by atoms with E-state index in [9.17, 15) is 4.79 Å². The van der Waals surface area contributed by atoms with Crippen molar-refractivity contribution in [2.75, 3.05) is 19.7 Å². The molecule has 2 saturated heterocycles. The second-order valence-electron chi connectivity index (χ2n) is 5.15. The Labute approximate surface area is 111 Å². The minimum atomic E-state index is -0.992. The smallest absolute Gasteiger partial charge is 0.339 e. The molecule has 2 aliphatic heterocycles. The van der Waals surface area contributed by atoms with Crippen LogP contribution in [0.15, 0.2) is 6.20 Å². The van der Waals surface area contributed by atoms with Crippen molar-refractivity contribution in [3.8, 4) is 0 Å². The number of carbonyl (C=O) groups is 1. The molecule has 0 radical (unpaired) electrons. The molecule has 0 amide bonds. The minimum absolute atomic E-state index is 0.143. The van der Waals surface area contributed by atoms with Crippen LogP contribution >= 0.6 is 0 Å². The molecule has 1 aromatic heterocycles. The van der Waals surface area contributed by atoms with Crippen molar-refractivity contribution in [3.63, 3.8) is 0 Å². The molecule has 0 bridgehead atoms. The lowest BCUT2D eigenvalue weighted by atomic mass is 10.1. The normalized spacial score (nSPS) is 27.2. The van der Waals surface area contributed by atoms with Crippen molar-refractivity contribution in [1.29, 1.82) is 0 Å². The number of rotatable bonds is 2. The van der Waals surface area contributed by atoms with Crippen molar-refractivity contribution in [2.45, 2.75) is 31.9 Å². The van der Waals surface area contributed by atoms with Gasteiger partial charge in [-0.3, -0.25) is 4.90 Å². The number of morpholine rings is 1. The van der Waals surface area contributed by atoms with Crippen LogP contribution in [0.25, 0.3) is 0 Å². The molecule has 3 rings (SSSR count). The van der Waals surface area contributed by atoms with Gasteiger partial charge in [0, 0.05) is 18.8 Å². The van der Waals surface area contributed by atoms with Crippen LogP contribution in [-0.4, -0.2) is 51.7 Å². The van der Waals surface area contributed by atoms with Gasteiger partial charge in [-0.1, -0.05) is 0 Å². The van der Waals surface area contributed by atoms with Gasteiger partial charge in [-0.15, -0.1) is 0 Å². The largest absolute Gasteiger partial charge is 0.478 e. The molecule has 102 valence electrons. The molecule has 0 aromatic carbocycles. The van der Waals surface area contributed by atoms with Crippen LogP contribution < -0.4 is 0 Å². The van der Waals surface area contributed by atoms with Gasteiger partial charge >= 0.3 is 5.97 Å². The standard InChI is InChI=1S/C13H17N3O3/c1-8-10(13(17)18)5-14-12(15-8)11-6-16-4-2-3-9(16)7-19-11/h5,9,11H,2-4,6-7H2,1H3,(H,17,18). The Bertz CT molecular complexity index is 506. The van der Waals surface area contributed by atoms with E-state index in [1.807, 2.05) is 0 Å².